The number of esters is 1. The van der Waals surface area contributed by atoms with Gasteiger partial charge in [0.05, 0.1) is 19.2 Å². The van der Waals surface area contributed by atoms with Crippen molar-refractivity contribution in [3.05, 3.63) is 40.9 Å². The molecule has 0 radical (unpaired) electrons. The number of benzene rings is 1. The molecule has 1 aromatic carbocycles. The third kappa shape index (κ3) is 4.26. The Hall–Kier alpha value is -2.74. The number of ether oxygens (including phenoxy) is 2. The van der Waals surface area contributed by atoms with Crippen molar-refractivity contribution in [3.8, 4) is 5.75 Å². The normalized spacial score (nSPS) is 13.7. The number of aromatic nitrogens is 1. The standard InChI is InChI=1S/C18H18N2O5S/c1-24-14-6-4-12(5-7-14)15(21)10-25-17(23)9-13-11-26-18(19-13)20-8-2-3-16(20)22/h4-7,11H,2-3,8-10H2,1H3. The fourth-order valence-corrected chi connectivity index (χ4v) is 3.42. The van der Waals surface area contributed by atoms with Crippen molar-refractivity contribution >= 4 is 34.1 Å². The van der Waals surface area contributed by atoms with E-state index in [1.807, 2.05) is 0 Å². The zero-order valence-corrected chi connectivity index (χ0v) is 15.1. The molecule has 8 heteroatoms. The molecule has 136 valence electrons. The Bertz CT molecular complexity index is 815. The van der Waals surface area contributed by atoms with E-state index in [1.54, 1.807) is 41.7 Å². The molecular formula is C18H18N2O5S. The SMILES string of the molecule is COc1ccc(C(=O)COC(=O)Cc2csc(N3CCCC3=O)n2)cc1. The highest BCUT2D eigenvalue weighted by molar-refractivity contribution is 7.14. The van der Waals surface area contributed by atoms with Crippen LogP contribution in [0.4, 0.5) is 5.13 Å². The molecule has 26 heavy (non-hydrogen) atoms. The number of methoxy groups -OCH3 is 1. The summed E-state index contributed by atoms with van der Waals surface area (Å²) in [4.78, 5) is 41.6. The average molecular weight is 374 g/mol. The van der Waals surface area contributed by atoms with Crippen LogP contribution in [-0.4, -0.2) is 42.9 Å². The lowest BCUT2D eigenvalue weighted by molar-refractivity contribution is -0.141. The minimum absolute atomic E-state index is 0.0333. The summed E-state index contributed by atoms with van der Waals surface area (Å²) in [5.74, 6) is -0.118. The van der Waals surface area contributed by atoms with Crippen molar-refractivity contribution in [2.75, 3.05) is 25.2 Å². The lowest BCUT2D eigenvalue weighted by Gasteiger charge is -2.10. The molecule has 3 rings (SSSR count). The summed E-state index contributed by atoms with van der Waals surface area (Å²) in [6.07, 6.45) is 1.32. The molecule has 0 bridgehead atoms. The van der Waals surface area contributed by atoms with Crippen LogP contribution in [-0.2, 0) is 20.7 Å². The molecule has 1 saturated heterocycles. The van der Waals surface area contributed by atoms with Crippen LogP contribution in [0.25, 0.3) is 0 Å². The van der Waals surface area contributed by atoms with Crippen LogP contribution in [0.3, 0.4) is 0 Å². The Balaban J connectivity index is 1.50. The van der Waals surface area contributed by atoms with Gasteiger partial charge in [-0.3, -0.25) is 19.3 Å². The monoisotopic (exact) mass is 374 g/mol. The first-order valence-electron chi connectivity index (χ1n) is 8.14. The maximum Gasteiger partial charge on any atom is 0.312 e. The molecule has 0 atom stereocenters. The van der Waals surface area contributed by atoms with E-state index >= 15 is 0 Å². The van der Waals surface area contributed by atoms with Gasteiger partial charge in [0.1, 0.15) is 5.75 Å². The van der Waals surface area contributed by atoms with E-state index in [2.05, 4.69) is 4.98 Å². The van der Waals surface area contributed by atoms with E-state index in [0.717, 1.165) is 6.42 Å². The number of anilines is 1. The van der Waals surface area contributed by atoms with Crippen molar-refractivity contribution < 1.29 is 23.9 Å². The minimum Gasteiger partial charge on any atom is -0.497 e. The number of carbonyl (C=O) groups excluding carboxylic acids is 3. The number of hydrogen-bond acceptors (Lipinski definition) is 7. The summed E-state index contributed by atoms with van der Waals surface area (Å²) in [6, 6.07) is 6.58. The van der Waals surface area contributed by atoms with Gasteiger partial charge in [0.25, 0.3) is 0 Å². The Morgan fingerprint density at radius 2 is 2.04 bits per heavy atom. The van der Waals surface area contributed by atoms with Gasteiger partial charge in [0, 0.05) is 23.9 Å². The summed E-state index contributed by atoms with van der Waals surface area (Å²) in [6.45, 7) is 0.333. The van der Waals surface area contributed by atoms with E-state index in [-0.39, 0.29) is 24.7 Å². The molecular weight excluding hydrogens is 356 g/mol. The van der Waals surface area contributed by atoms with Crippen molar-refractivity contribution in [1.29, 1.82) is 0 Å². The molecule has 1 aliphatic rings. The van der Waals surface area contributed by atoms with Gasteiger partial charge < -0.3 is 9.47 Å². The van der Waals surface area contributed by atoms with Gasteiger partial charge in [0.15, 0.2) is 17.5 Å². The van der Waals surface area contributed by atoms with Gasteiger partial charge in [0.2, 0.25) is 5.91 Å². The van der Waals surface area contributed by atoms with Crippen LogP contribution in [0.1, 0.15) is 28.9 Å². The zero-order valence-electron chi connectivity index (χ0n) is 14.3. The summed E-state index contributed by atoms with van der Waals surface area (Å²) < 4.78 is 10.1. The molecule has 2 aromatic rings. The Kier molecular flexibility index (Phi) is 5.62. The highest BCUT2D eigenvalue weighted by Crippen LogP contribution is 2.25. The van der Waals surface area contributed by atoms with Gasteiger partial charge in [-0.25, -0.2) is 4.98 Å². The van der Waals surface area contributed by atoms with Crippen LogP contribution in [0, 0.1) is 0 Å². The Morgan fingerprint density at radius 1 is 1.27 bits per heavy atom. The Labute approximate surface area is 154 Å². The number of Topliss-reactive ketones (excluding diaryl/α,β-unsaturated/α-hetero) is 1. The molecule has 1 fully saturated rings. The quantitative estimate of drug-likeness (QED) is 0.546. The zero-order chi connectivity index (χ0) is 18.5. The summed E-state index contributed by atoms with van der Waals surface area (Å²) in [5, 5.41) is 2.33. The summed E-state index contributed by atoms with van der Waals surface area (Å²) in [5.41, 5.74) is 0.980. The number of rotatable bonds is 7. The van der Waals surface area contributed by atoms with Gasteiger partial charge in [-0.1, -0.05) is 0 Å². The number of ketones is 1. The predicted octanol–water partition coefficient (Wildman–Crippen LogP) is 2.25. The van der Waals surface area contributed by atoms with Crippen molar-refractivity contribution in [2.45, 2.75) is 19.3 Å². The van der Waals surface area contributed by atoms with Gasteiger partial charge in [-0.05, 0) is 30.7 Å². The van der Waals surface area contributed by atoms with Gasteiger partial charge in [-0.15, -0.1) is 11.3 Å². The molecule has 1 aromatic heterocycles. The molecule has 0 unspecified atom stereocenters. The van der Waals surface area contributed by atoms with Crippen LogP contribution in [0.2, 0.25) is 0 Å². The average Bonchev–Trinajstić information content (AvgIpc) is 3.28. The van der Waals surface area contributed by atoms with Crippen LogP contribution < -0.4 is 9.64 Å². The van der Waals surface area contributed by atoms with Crippen molar-refractivity contribution in [2.24, 2.45) is 0 Å². The number of hydrogen-bond donors (Lipinski definition) is 0. The van der Waals surface area contributed by atoms with Crippen LogP contribution in [0.15, 0.2) is 29.6 Å². The molecule has 1 aliphatic heterocycles. The summed E-state index contributed by atoms with van der Waals surface area (Å²) in [7, 11) is 1.54. The van der Waals surface area contributed by atoms with Gasteiger partial charge in [-0.2, -0.15) is 0 Å². The number of nitrogens with zero attached hydrogens (tertiary/aromatic N) is 2. The second-order valence-electron chi connectivity index (χ2n) is 5.76. The Morgan fingerprint density at radius 3 is 2.69 bits per heavy atom. The second kappa shape index (κ2) is 8.09. The smallest absolute Gasteiger partial charge is 0.312 e. The maximum atomic E-state index is 12.0. The van der Waals surface area contributed by atoms with Crippen molar-refractivity contribution in [3.63, 3.8) is 0 Å². The highest BCUT2D eigenvalue weighted by atomic mass is 32.1. The first-order valence-corrected chi connectivity index (χ1v) is 9.02. The minimum atomic E-state index is -0.531. The van der Waals surface area contributed by atoms with E-state index in [1.165, 1.54) is 11.3 Å². The molecule has 0 spiro atoms. The third-order valence-electron chi connectivity index (χ3n) is 3.95. The molecule has 2 heterocycles. The fraction of sp³-hybridized carbons (Fsp3) is 0.333. The second-order valence-corrected chi connectivity index (χ2v) is 6.60. The lowest BCUT2D eigenvalue weighted by atomic mass is 10.1. The van der Waals surface area contributed by atoms with E-state index in [4.69, 9.17) is 9.47 Å². The predicted molar refractivity (Wildman–Crippen MR) is 95.7 cm³/mol. The van der Waals surface area contributed by atoms with E-state index in [9.17, 15) is 14.4 Å². The van der Waals surface area contributed by atoms with Crippen LogP contribution in [0.5, 0.6) is 5.75 Å². The third-order valence-corrected chi connectivity index (χ3v) is 4.86. The molecule has 0 N–H and O–H groups in total. The molecule has 1 amide bonds. The molecule has 0 saturated carbocycles. The molecule has 0 aliphatic carbocycles. The van der Waals surface area contributed by atoms with E-state index in [0.29, 0.717) is 35.1 Å². The number of carbonyl (C=O) groups is 3. The first-order chi connectivity index (χ1) is 12.6. The van der Waals surface area contributed by atoms with Crippen molar-refractivity contribution in [1.82, 2.24) is 4.98 Å². The topological polar surface area (TPSA) is 85.8 Å². The summed E-state index contributed by atoms with van der Waals surface area (Å²) >= 11 is 1.32. The maximum absolute atomic E-state index is 12.0. The van der Waals surface area contributed by atoms with Gasteiger partial charge >= 0.3 is 5.97 Å². The fourth-order valence-electron chi connectivity index (χ4n) is 2.56. The highest BCUT2D eigenvalue weighted by Gasteiger charge is 2.24. The number of amides is 1. The largest absolute Gasteiger partial charge is 0.497 e. The van der Waals surface area contributed by atoms with E-state index < -0.39 is 5.97 Å². The lowest BCUT2D eigenvalue weighted by Crippen LogP contribution is -2.23. The van der Waals surface area contributed by atoms with Crippen LogP contribution >= 0.6 is 11.3 Å². The first kappa shape index (κ1) is 18.1. The molecule has 7 nitrogen and oxygen atoms in total. The number of thiazole rings is 1.